The number of hydrogen-bond acceptors (Lipinski definition) is 4. The van der Waals surface area contributed by atoms with Crippen LogP contribution in [-0.4, -0.2) is 19.1 Å². The van der Waals surface area contributed by atoms with Gasteiger partial charge in [0.1, 0.15) is 5.75 Å². The van der Waals surface area contributed by atoms with E-state index in [9.17, 15) is 9.46 Å². The first-order valence-electron chi connectivity index (χ1n) is 7.57. The second-order valence-electron chi connectivity index (χ2n) is 5.43. The van der Waals surface area contributed by atoms with E-state index >= 15 is 0 Å². The highest BCUT2D eigenvalue weighted by atomic mass is 31.2. The van der Waals surface area contributed by atoms with Crippen molar-refractivity contribution in [2.75, 3.05) is 14.2 Å². The first-order valence-corrected chi connectivity index (χ1v) is 9.15. The Labute approximate surface area is 136 Å². The summed E-state index contributed by atoms with van der Waals surface area (Å²) in [6.45, 7) is 3.75. The van der Waals surface area contributed by atoms with E-state index in [1.54, 1.807) is 7.11 Å². The topological polar surface area (TPSA) is 65.0 Å². The van der Waals surface area contributed by atoms with Crippen LogP contribution in [-0.2, 0) is 19.3 Å². The summed E-state index contributed by atoms with van der Waals surface area (Å²) in [5.74, 6) is 0.744. The van der Waals surface area contributed by atoms with Gasteiger partial charge in [0.15, 0.2) is 0 Å². The van der Waals surface area contributed by atoms with Crippen LogP contribution in [0.1, 0.15) is 32.3 Å². The molecule has 1 atom stereocenters. The fourth-order valence-corrected chi connectivity index (χ4v) is 4.64. The molecule has 0 saturated carbocycles. The molecule has 126 valence electrons. The highest BCUT2D eigenvalue weighted by molar-refractivity contribution is 7.54. The number of fused-ring (bicyclic) bond motifs is 1. The largest absolute Gasteiger partial charge is 0.497 e. The van der Waals surface area contributed by atoms with E-state index in [4.69, 9.17) is 9.41 Å². The maximum atomic E-state index is 12.7. The van der Waals surface area contributed by atoms with Crippen LogP contribution in [0.5, 0.6) is 5.75 Å². The van der Waals surface area contributed by atoms with Gasteiger partial charge in [-0.15, -0.1) is 4.67 Å². The molecule has 1 unspecified atom stereocenters. The van der Waals surface area contributed by atoms with Crippen LogP contribution >= 0.6 is 7.60 Å². The lowest BCUT2D eigenvalue weighted by molar-refractivity contribution is -0.188. The predicted molar refractivity (Wildman–Crippen MR) is 90.7 cm³/mol. The normalized spacial score (nSPS) is 14.7. The second kappa shape index (κ2) is 7.02. The first-order chi connectivity index (χ1) is 10.9. The van der Waals surface area contributed by atoms with Crippen LogP contribution in [0, 0.1) is 0 Å². The van der Waals surface area contributed by atoms with Gasteiger partial charge in [-0.2, -0.15) is 0 Å². The molecular formula is C17H23O5P. The lowest BCUT2D eigenvalue weighted by Crippen LogP contribution is -2.25. The molecule has 0 aliphatic rings. The Morgan fingerprint density at radius 1 is 1.04 bits per heavy atom. The van der Waals surface area contributed by atoms with E-state index in [0.29, 0.717) is 12.8 Å². The molecule has 0 aliphatic carbocycles. The van der Waals surface area contributed by atoms with Crippen LogP contribution < -0.4 is 4.74 Å². The molecule has 6 heteroatoms. The van der Waals surface area contributed by atoms with Crippen LogP contribution in [0.4, 0.5) is 0 Å². The fourth-order valence-electron chi connectivity index (χ4n) is 3.03. The minimum Gasteiger partial charge on any atom is -0.497 e. The third kappa shape index (κ3) is 3.15. The minimum absolute atomic E-state index is 0.454. The minimum atomic E-state index is -4.01. The van der Waals surface area contributed by atoms with Gasteiger partial charge < -0.3 is 9.63 Å². The van der Waals surface area contributed by atoms with Gasteiger partial charge in [0.05, 0.1) is 19.4 Å². The van der Waals surface area contributed by atoms with E-state index in [1.165, 1.54) is 7.11 Å². The molecule has 0 heterocycles. The van der Waals surface area contributed by atoms with Crippen molar-refractivity contribution in [1.82, 2.24) is 0 Å². The summed E-state index contributed by atoms with van der Waals surface area (Å²) in [5, 5.41) is 0.974. The maximum Gasteiger partial charge on any atom is 0.365 e. The van der Waals surface area contributed by atoms with E-state index in [-0.39, 0.29) is 0 Å². The second-order valence-corrected chi connectivity index (χ2v) is 7.47. The zero-order valence-electron chi connectivity index (χ0n) is 13.9. The monoisotopic (exact) mass is 338 g/mol. The number of ether oxygens (including phenoxy) is 1. The van der Waals surface area contributed by atoms with Crippen molar-refractivity contribution in [3.05, 3.63) is 42.0 Å². The molecule has 5 nitrogen and oxygen atoms in total. The van der Waals surface area contributed by atoms with E-state index in [2.05, 4.69) is 4.89 Å². The summed E-state index contributed by atoms with van der Waals surface area (Å²) in [4.78, 5) is 15.0. The highest BCUT2D eigenvalue weighted by Crippen LogP contribution is 2.64. The van der Waals surface area contributed by atoms with Gasteiger partial charge in [-0.05, 0) is 47.4 Å². The molecule has 0 spiro atoms. The average Bonchev–Trinajstić information content (AvgIpc) is 2.55. The van der Waals surface area contributed by atoms with Crippen molar-refractivity contribution in [3.8, 4) is 5.75 Å². The van der Waals surface area contributed by atoms with Crippen LogP contribution in [0.3, 0.4) is 0 Å². The average molecular weight is 338 g/mol. The standard InChI is InChI=1S/C17H23O5P/c1-5-17(6-2,23(18,19)22-21-4)15-9-7-13-8-10-16(20-3)12-14(13)11-15/h7-12H,5-6H2,1-4H3,(H,18,19). The van der Waals surface area contributed by atoms with Crippen LogP contribution in [0.25, 0.3) is 10.8 Å². The fraction of sp³-hybridized carbons (Fsp3) is 0.412. The summed E-state index contributed by atoms with van der Waals surface area (Å²) in [6.07, 6.45) is 0.909. The maximum absolute atomic E-state index is 12.7. The summed E-state index contributed by atoms with van der Waals surface area (Å²) >= 11 is 0. The Kier molecular flexibility index (Phi) is 5.48. The van der Waals surface area contributed by atoms with Crippen molar-refractivity contribution in [2.45, 2.75) is 31.8 Å². The van der Waals surface area contributed by atoms with Gasteiger partial charge in [-0.3, -0.25) is 4.57 Å². The van der Waals surface area contributed by atoms with E-state index in [0.717, 1.165) is 22.1 Å². The van der Waals surface area contributed by atoms with Crippen molar-refractivity contribution in [2.24, 2.45) is 0 Å². The summed E-state index contributed by atoms with van der Waals surface area (Å²) in [5.41, 5.74) is 0.756. The lowest BCUT2D eigenvalue weighted by atomic mass is 9.91. The summed E-state index contributed by atoms with van der Waals surface area (Å²) in [6, 6.07) is 11.5. The van der Waals surface area contributed by atoms with Crippen molar-refractivity contribution < 1.29 is 23.8 Å². The van der Waals surface area contributed by atoms with Gasteiger partial charge in [0.2, 0.25) is 0 Å². The van der Waals surface area contributed by atoms with Gasteiger partial charge in [-0.25, -0.2) is 4.89 Å². The number of benzene rings is 2. The van der Waals surface area contributed by atoms with E-state index < -0.39 is 12.8 Å². The predicted octanol–water partition coefficient (Wildman–Crippen LogP) is 4.63. The number of hydrogen-bond donors (Lipinski definition) is 1. The van der Waals surface area contributed by atoms with Crippen LogP contribution in [0.2, 0.25) is 0 Å². The summed E-state index contributed by atoms with van der Waals surface area (Å²) < 4.78 is 22.8. The molecule has 0 amide bonds. The number of methoxy groups -OCH3 is 1. The van der Waals surface area contributed by atoms with E-state index in [1.807, 2.05) is 50.2 Å². The molecule has 2 aromatic carbocycles. The van der Waals surface area contributed by atoms with Crippen molar-refractivity contribution >= 4 is 18.4 Å². The smallest absolute Gasteiger partial charge is 0.365 e. The molecule has 2 rings (SSSR count). The quantitative estimate of drug-likeness (QED) is 0.453. The lowest BCUT2D eigenvalue weighted by Gasteiger charge is -2.34. The molecule has 0 radical (unpaired) electrons. The molecule has 2 aromatic rings. The SMILES string of the molecule is CCC(CC)(c1ccc2ccc(OC)cc2c1)P(=O)(O)OOC. The van der Waals surface area contributed by atoms with Crippen molar-refractivity contribution in [1.29, 1.82) is 0 Å². The van der Waals surface area contributed by atoms with Gasteiger partial charge >= 0.3 is 7.60 Å². The molecule has 0 aromatic heterocycles. The Hall–Kier alpha value is -1.39. The van der Waals surface area contributed by atoms with Crippen LogP contribution in [0.15, 0.2) is 36.4 Å². The van der Waals surface area contributed by atoms with Crippen molar-refractivity contribution in [3.63, 3.8) is 0 Å². The third-order valence-electron chi connectivity index (χ3n) is 4.47. The zero-order valence-corrected chi connectivity index (χ0v) is 14.8. The zero-order chi connectivity index (χ0) is 17.1. The van der Waals surface area contributed by atoms with Gasteiger partial charge in [0, 0.05) is 0 Å². The molecular weight excluding hydrogens is 315 g/mol. The Morgan fingerprint density at radius 2 is 1.70 bits per heavy atom. The third-order valence-corrected chi connectivity index (χ3v) is 6.79. The number of rotatable bonds is 7. The molecule has 0 saturated heterocycles. The molecule has 1 N–H and O–H groups in total. The molecule has 0 bridgehead atoms. The summed E-state index contributed by atoms with van der Waals surface area (Å²) in [7, 11) is -1.15. The molecule has 0 fully saturated rings. The molecule has 23 heavy (non-hydrogen) atoms. The molecule has 0 aliphatic heterocycles. The first kappa shape index (κ1) is 18.0. The Balaban J connectivity index is 2.63. The highest BCUT2D eigenvalue weighted by Gasteiger charge is 2.48. The van der Waals surface area contributed by atoms with Gasteiger partial charge in [-0.1, -0.05) is 32.0 Å². The Morgan fingerprint density at radius 3 is 2.26 bits per heavy atom. The van der Waals surface area contributed by atoms with Gasteiger partial charge in [0.25, 0.3) is 0 Å². The Bertz CT molecular complexity index is 724.